The molecule has 1 saturated heterocycles. The summed E-state index contributed by atoms with van der Waals surface area (Å²) < 4.78 is 36.0. The van der Waals surface area contributed by atoms with Crippen LogP contribution in [-0.4, -0.2) is 29.7 Å². The summed E-state index contributed by atoms with van der Waals surface area (Å²) in [4.78, 5) is 11.9. The van der Waals surface area contributed by atoms with Crippen molar-refractivity contribution in [2.75, 3.05) is 13.0 Å². The summed E-state index contributed by atoms with van der Waals surface area (Å²) in [6.45, 7) is 1.24. The molecule has 4 nitrogen and oxygen atoms in total. The zero-order valence-electron chi connectivity index (χ0n) is 12.9. The van der Waals surface area contributed by atoms with E-state index in [1.165, 1.54) is 0 Å². The van der Waals surface area contributed by atoms with E-state index in [1.54, 1.807) is 20.8 Å². The van der Waals surface area contributed by atoms with Crippen molar-refractivity contribution >= 4 is 6.09 Å². The first kappa shape index (κ1) is 6.67. The van der Waals surface area contributed by atoms with E-state index >= 15 is 0 Å². The summed E-state index contributed by atoms with van der Waals surface area (Å²) in [5, 5.41) is 0.630. The number of nitrogens with zero attached hydrogens (tertiary/aromatic N) is 1. The maximum Gasteiger partial charge on any atom is 0.424 e. The van der Waals surface area contributed by atoms with Crippen LogP contribution in [0, 0.1) is 0 Å². The van der Waals surface area contributed by atoms with Gasteiger partial charge in [-0.25, -0.2) is 15.2 Å². The van der Waals surface area contributed by atoms with Gasteiger partial charge in [0.2, 0.25) is 0 Å². The molecule has 1 aliphatic heterocycles. The quantitative estimate of drug-likeness (QED) is 0.655. The Balaban J connectivity index is 2.90. The maximum atomic E-state index is 11.9. The van der Waals surface area contributed by atoms with Crippen molar-refractivity contribution in [2.45, 2.75) is 45.6 Å². The lowest BCUT2D eigenvalue weighted by atomic mass is 10.2. The fraction of sp³-hybridized carbons (Fsp3) is 0.900. The van der Waals surface area contributed by atoms with Gasteiger partial charge in [0.05, 0.1) is 2.74 Å². The summed E-state index contributed by atoms with van der Waals surface area (Å²) in [7, 11) is 0. The third kappa shape index (κ3) is 3.96. The standard InChI is InChI=1S/C10H20N2O2/c1-10(2,3)14-9(13)12-8-6-4-5-7-11-12/h11H,4-8H2,1-3H3/i7D2,8D2. The Bertz CT molecular complexity index is 328. The minimum absolute atomic E-state index is 0.0682. The number of rotatable bonds is 0. The number of amides is 1. The molecule has 1 fully saturated rings. The first-order chi connectivity index (χ1) is 7.93. The predicted molar refractivity (Wildman–Crippen MR) is 54.8 cm³/mol. The molecule has 1 N–H and O–H groups in total. The van der Waals surface area contributed by atoms with Gasteiger partial charge in [0.25, 0.3) is 0 Å². The molecule has 0 aromatic heterocycles. The van der Waals surface area contributed by atoms with E-state index < -0.39 is 24.7 Å². The third-order valence-electron chi connectivity index (χ3n) is 1.52. The Morgan fingerprint density at radius 3 is 2.79 bits per heavy atom. The van der Waals surface area contributed by atoms with Crippen molar-refractivity contribution in [1.82, 2.24) is 10.4 Å². The van der Waals surface area contributed by atoms with Crippen LogP contribution in [0.1, 0.15) is 45.5 Å². The van der Waals surface area contributed by atoms with Crippen molar-refractivity contribution in [1.29, 1.82) is 0 Å². The molecule has 0 bridgehead atoms. The Morgan fingerprint density at radius 1 is 1.43 bits per heavy atom. The van der Waals surface area contributed by atoms with Gasteiger partial charge in [-0.05, 0) is 33.6 Å². The molecule has 0 aromatic rings. The van der Waals surface area contributed by atoms with E-state index in [-0.39, 0.29) is 12.8 Å². The number of carbonyl (C=O) groups is 1. The Hall–Kier alpha value is -0.770. The van der Waals surface area contributed by atoms with Crippen LogP contribution < -0.4 is 5.43 Å². The fourth-order valence-corrected chi connectivity index (χ4v) is 0.960. The molecule has 0 radical (unpaired) electrons. The lowest BCUT2D eigenvalue weighted by molar-refractivity contribution is 0.0152. The normalized spacial score (nSPS) is 30.4. The van der Waals surface area contributed by atoms with Gasteiger partial charge in [-0.3, -0.25) is 0 Å². The second kappa shape index (κ2) is 4.64. The molecule has 4 heteroatoms. The first-order valence-corrected chi connectivity index (χ1v) is 4.74. The lowest BCUT2D eigenvalue weighted by Gasteiger charge is -2.26. The van der Waals surface area contributed by atoms with E-state index in [4.69, 9.17) is 10.2 Å². The number of carbonyl (C=O) groups excluding carboxylic acids is 1. The van der Waals surface area contributed by atoms with Crippen LogP contribution >= 0.6 is 0 Å². The van der Waals surface area contributed by atoms with E-state index in [9.17, 15) is 4.79 Å². The van der Waals surface area contributed by atoms with Gasteiger partial charge < -0.3 is 4.74 Å². The fourth-order valence-electron chi connectivity index (χ4n) is 0.960. The van der Waals surface area contributed by atoms with Crippen LogP contribution in [0.2, 0.25) is 0 Å². The van der Waals surface area contributed by atoms with Crippen LogP contribution in [0.3, 0.4) is 0 Å². The summed E-state index contributed by atoms with van der Waals surface area (Å²) >= 11 is 0. The molecule has 0 unspecified atom stereocenters. The maximum absolute atomic E-state index is 11.9. The van der Waals surface area contributed by atoms with Crippen molar-refractivity contribution in [3.8, 4) is 0 Å². The smallest absolute Gasteiger partial charge is 0.424 e. The van der Waals surface area contributed by atoms with E-state index in [0.717, 1.165) is 0 Å². The van der Waals surface area contributed by atoms with Gasteiger partial charge in [0.15, 0.2) is 0 Å². The molecular weight excluding hydrogens is 180 g/mol. The summed E-state index contributed by atoms with van der Waals surface area (Å²) in [5.74, 6) is 0. The molecule has 1 heterocycles. The molecule has 0 spiro atoms. The van der Waals surface area contributed by atoms with Crippen molar-refractivity contribution in [3.63, 3.8) is 0 Å². The monoisotopic (exact) mass is 204 g/mol. The number of hydrogen-bond acceptors (Lipinski definition) is 3. The van der Waals surface area contributed by atoms with E-state index in [1.807, 2.05) is 0 Å². The van der Waals surface area contributed by atoms with Gasteiger partial charge in [-0.1, -0.05) is 6.42 Å². The van der Waals surface area contributed by atoms with Crippen molar-refractivity contribution in [3.05, 3.63) is 0 Å². The highest BCUT2D eigenvalue weighted by Gasteiger charge is 2.22. The Morgan fingerprint density at radius 2 is 2.14 bits per heavy atom. The average molecular weight is 204 g/mol. The van der Waals surface area contributed by atoms with Gasteiger partial charge in [0, 0.05) is 15.7 Å². The summed E-state index contributed by atoms with van der Waals surface area (Å²) in [6, 6.07) is 0. The van der Waals surface area contributed by atoms with Crippen molar-refractivity contribution < 1.29 is 15.0 Å². The second-order valence-corrected chi connectivity index (χ2v) is 4.12. The minimum atomic E-state index is -1.97. The predicted octanol–water partition coefficient (Wildman–Crippen LogP) is 1.91. The zero-order valence-corrected chi connectivity index (χ0v) is 8.89. The number of hydrogen-bond donors (Lipinski definition) is 1. The molecule has 0 aromatic carbocycles. The Kier molecular flexibility index (Phi) is 2.21. The van der Waals surface area contributed by atoms with Crippen molar-refractivity contribution in [2.24, 2.45) is 0 Å². The highest BCUT2D eigenvalue weighted by molar-refractivity contribution is 5.67. The van der Waals surface area contributed by atoms with Crippen LogP contribution in [0.4, 0.5) is 4.79 Å². The first-order valence-electron chi connectivity index (χ1n) is 6.74. The molecule has 1 rings (SSSR count). The molecule has 1 aliphatic rings. The van der Waals surface area contributed by atoms with Gasteiger partial charge in [-0.2, -0.15) is 0 Å². The molecule has 14 heavy (non-hydrogen) atoms. The number of nitrogens with one attached hydrogen (secondary N) is 1. The highest BCUT2D eigenvalue weighted by Crippen LogP contribution is 2.10. The summed E-state index contributed by atoms with van der Waals surface area (Å²) in [5.41, 5.74) is 1.53. The van der Waals surface area contributed by atoms with Gasteiger partial charge >= 0.3 is 6.09 Å². The van der Waals surface area contributed by atoms with E-state index in [2.05, 4.69) is 5.43 Å². The molecule has 82 valence electrons. The lowest BCUT2D eigenvalue weighted by Crippen LogP contribution is -2.45. The second-order valence-electron chi connectivity index (χ2n) is 4.12. The molecule has 0 aliphatic carbocycles. The number of ether oxygens (including phenoxy) is 1. The zero-order chi connectivity index (χ0) is 14.2. The minimum Gasteiger partial charge on any atom is -0.443 e. The molecule has 1 amide bonds. The largest absolute Gasteiger partial charge is 0.443 e. The van der Waals surface area contributed by atoms with Crippen LogP contribution in [-0.2, 0) is 4.74 Å². The SMILES string of the molecule is [2H]C1([2H])CCCC([2H])([2H])N(C(=O)OC(C)(C)C)N1. The molecular formula is C10H20N2O2. The average Bonchev–Trinajstić information content (AvgIpc) is 2.19. The van der Waals surface area contributed by atoms with Gasteiger partial charge in [0.1, 0.15) is 5.60 Å². The van der Waals surface area contributed by atoms with E-state index in [0.29, 0.717) is 11.4 Å². The topological polar surface area (TPSA) is 41.6 Å². The highest BCUT2D eigenvalue weighted by atomic mass is 16.6. The molecule has 0 atom stereocenters. The summed E-state index contributed by atoms with van der Waals surface area (Å²) in [6.07, 6.45) is -0.338. The molecule has 0 saturated carbocycles. The van der Waals surface area contributed by atoms with Crippen LogP contribution in [0.15, 0.2) is 0 Å². The number of hydrazine groups is 1. The third-order valence-corrected chi connectivity index (χ3v) is 1.52. The van der Waals surface area contributed by atoms with Gasteiger partial charge in [-0.15, -0.1) is 0 Å². The van der Waals surface area contributed by atoms with Crippen LogP contribution in [0.25, 0.3) is 0 Å². The van der Waals surface area contributed by atoms with Crippen LogP contribution in [0.5, 0.6) is 0 Å². The Labute approximate surface area is 91.2 Å².